The molecule has 2 atom stereocenters. The van der Waals surface area contributed by atoms with Crippen molar-refractivity contribution in [3.8, 4) is 0 Å². The molecule has 1 aromatic heterocycles. The molecule has 2 saturated carbocycles. The zero-order valence-electron chi connectivity index (χ0n) is 17.4. The van der Waals surface area contributed by atoms with Crippen LogP contribution in [0.5, 0.6) is 0 Å². The van der Waals surface area contributed by atoms with Gasteiger partial charge in [-0.25, -0.2) is 0 Å². The van der Waals surface area contributed by atoms with E-state index < -0.39 is 17.8 Å². The topological polar surface area (TPSA) is 95.5 Å². The summed E-state index contributed by atoms with van der Waals surface area (Å²) in [6.45, 7) is 3.98. The van der Waals surface area contributed by atoms with Gasteiger partial charge in [-0.15, -0.1) is 11.3 Å². The second-order valence-electron chi connectivity index (χ2n) is 8.33. The van der Waals surface area contributed by atoms with Crippen LogP contribution in [0.1, 0.15) is 85.5 Å². The number of carbonyl (C=O) groups is 3. The van der Waals surface area contributed by atoms with Gasteiger partial charge in [-0.05, 0) is 44.6 Å². The highest BCUT2D eigenvalue weighted by Crippen LogP contribution is 2.36. The van der Waals surface area contributed by atoms with Gasteiger partial charge >= 0.3 is 5.97 Å². The number of amides is 2. The minimum absolute atomic E-state index is 0.119. The Hall–Kier alpha value is -1.89. The second kappa shape index (κ2) is 9.74. The van der Waals surface area contributed by atoms with E-state index in [2.05, 4.69) is 10.6 Å². The average Bonchev–Trinajstić information content (AvgIpc) is 3.03. The highest BCUT2D eigenvalue weighted by Gasteiger charge is 2.36. The summed E-state index contributed by atoms with van der Waals surface area (Å²) in [7, 11) is 0. The van der Waals surface area contributed by atoms with E-state index in [1.165, 1.54) is 17.8 Å². The van der Waals surface area contributed by atoms with Crippen molar-refractivity contribution in [3.05, 3.63) is 16.0 Å². The number of rotatable bonds is 6. The number of hydrogen-bond donors (Lipinski definition) is 3. The van der Waals surface area contributed by atoms with Crippen LogP contribution in [0, 0.1) is 18.8 Å². The lowest BCUT2D eigenvalue weighted by atomic mass is 9.78. The van der Waals surface area contributed by atoms with E-state index in [9.17, 15) is 19.5 Å². The van der Waals surface area contributed by atoms with Crippen LogP contribution in [0.2, 0.25) is 0 Å². The summed E-state index contributed by atoms with van der Waals surface area (Å²) in [5.41, 5.74) is 1.54. The lowest BCUT2D eigenvalue weighted by Gasteiger charge is -2.27. The molecule has 3 rings (SSSR count). The summed E-state index contributed by atoms with van der Waals surface area (Å²) in [6, 6.07) is 0.194. The molecule has 0 unspecified atom stereocenters. The molecule has 7 heteroatoms. The van der Waals surface area contributed by atoms with Crippen molar-refractivity contribution in [2.24, 2.45) is 11.8 Å². The summed E-state index contributed by atoms with van der Waals surface area (Å²) in [5, 5.41) is 16.2. The molecule has 29 heavy (non-hydrogen) atoms. The van der Waals surface area contributed by atoms with Gasteiger partial charge in [0, 0.05) is 10.9 Å². The van der Waals surface area contributed by atoms with E-state index in [1.807, 2.05) is 13.8 Å². The molecule has 0 radical (unpaired) electrons. The van der Waals surface area contributed by atoms with Crippen molar-refractivity contribution in [2.45, 2.75) is 84.1 Å². The standard InChI is InChI=1S/C22H32N2O4S/c1-3-15-13(2)29-21(18(15)20(26)23-14-9-5-4-6-10-14)24-19(25)16-11-7-8-12-17(16)22(27)28/h14,16-17H,3-12H2,1-2H3,(H,23,26)(H,24,25)(H,27,28)/t16-,17-/m1/s1. The molecule has 2 amide bonds. The van der Waals surface area contributed by atoms with Gasteiger partial charge in [0.2, 0.25) is 5.91 Å². The lowest BCUT2D eigenvalue weighted by molar-refractivity contribution is -0.147. The third kappa shape index (κ3) is 5.00. The van der Waals surface area contributed by atoms with E-state index in [0.29, 0.717) is 29.8 Å². The first-order chi connectivity index (χ1) is 13.9. The van der Waals surface area contributed by atoms with E-state index >= 15 is 0 Å². The largest absolute Gasteiger partial charge is 0.481 e. The van der Waals surface area contributed by atoms with Gasteiger partial charge in [-0.2, -0.15) is 0 Å². The molecule has 2 fully saturated rings. The van der Waals surface area contributed by atoms with E-state index in [1.54, 1.807) is 0 Å². The van der Waals surface area contributed by atoms with Crippen LogP contribution in [-0.4, -0.2) is 28.9 Å². The number of aliphatic carboxylic acids is 1. The van der Waals surface area contributed by atoms with Crippen molar-refractivity contribution >= 4 is 34.1 Å². The number of carboxylic acid groups (broad SMARTS) is 1. The van der Waals surface area contributed by atoms with Crippen LogP contribution in [0.25, 0.3) is 0 Å². The monoisotopic (exact) mass is 420 g/mol. The minimum Gasteiger partial charge on any atom is -0.481 e. The molecule has 0 saturated heterocycles. The highest BCUT2D eigenvalue weighted by molar-refractivity contribution is 7.16. The Balaban J connectivity index is 1.80. The van der Waals surface area contributed by atoms with Crippen LogP contribution in [0.4, 0.5) is 5.00 Å². The first kappa shape index (κ1) is 21.8. The van der Waals surface area contributed by atoms with E-state index in [-0.39, 0.29) is 17.9 Å². The van der Waals surface area contributed by atoms with Crippen molar-refractivity contribution in [1.29, 1.82) is 0 Å². The van der Waals surface area contributed by atoms with Crippen molar-refractivity contribution < 1.29 is 19.5 Å². The quantitative estimate of drug-likeness (QED) is 0.631. The Labute approximate surface area is 176 Å². The van der Waals surface area contributed by atoms with Crippen molar-refractivity contribution in [1.82, 2.24) is 5.32 Å². The summed E-state index contributed by atoms with van der Waals surface area (Å²) < 4.78 is 0. The summed E-state index contributed by atoms with van der Waals surface area (Å²) >= 11 is 1.42. The van der Waals surface area contributed by atoms with Crippen LogP contribution in [-0.2, 0) is 16.0 Å². The molecular formula is C22H32N2O4S. The van der Waals surface area contributed by atoms with Gasteiger partial charge in [-0.1, -0.05) is 39.0 Å². The number of thiophene rings is 1. The van der Waals surface area contributed by atoms with Gasteiger partial charge in [0.25, 0.3) is 5.91 Å². The molecule has 6 nitrogen and oxygen atoms in total. The number of hydrogen-bond acceptors (Lipinski definition) is 4. The smallest absolute Gasteiger partial charge is 0.307 e. The molecule has 0 aliphatic heterocycles. The highest BCUT2D eigenvalue weighted by atomic mass is 32.1. The maximum atomic E-state index is 13.1. The summed E-state index contributed by atoms with van der Waals surface area (Å²) in [5.74, 6) is -2.48. The minimum atomic E-state index is -0.906. The van der Waals surface area contributed by atoms with Gasteiger partial charge in [0.15, 0.2) is 0 Å². The van der Waals surface area contributed by atoms with Crippen LogP contribution in [0.3, 0.4) is 0 Å². The fourth-order valence-electron chi connectivity index (χ4n) is 4.78. The Bertz CT molecular complexity index is 767. The fraction of sp³-hybridized carbons (Fsp3) is 0.682. The Morgan fingerprint density at radius 3 is 2.24 bits per heavy atom. The lowest BCUT2D eigenvalue weighted by Crippen LogP contribution is -2.38. The molecule has 160 valence electrons. The van der Waals surface area contributed by atoms with Crippen LogP contribution >= 0.6 is 11.3 Å². The first-order valence-corrected chi connectivity index (χ1v) is 11.7. The van der Waals surface area contributed by atoms with Crippen LogP contribution in [0.15, 0.2) is 0 Å². The molecular weight excluding hydrogens is 388 g/mol. The predicted molar refractivity (Wildman–Crippen MR) is 114 cm³/mol. The van der Waals surface area contributed by atoms with Gasteiger partial charge in [0.1, 0.15) is 5.00 Å². The molecule has 0 bridgehead atoms. The van der Waals surface area contributed by atoms with Crippen LogP contribution < -0.4 is 10.6 Å². The normalized spacial score (nSPS) is 22.8. The number of nitrogens with one attached hydrogen (secondary N) is 2. The molecule has 1 heterocycles. The molecule has 2 aliphatic carbocycles. The third-order valence-corrected chi connectivity index (χ3v) is 7.45. The van der Waals surface area contributed by atoms with Gasteiger partial charge in [0.05, 0.1) is 17.4 Å². The number of anilines is 1. The fourth-order valence-corrected chi connectivity index (χ4v) is 5.93. The number of carboxylic acids is 1. The molecule has 3 N–H and O–H groups in total. The molecule has 1 aromatic rings. The second-order valence-corrected chi connectivity index (χ2v) is 9.55. The Kier molecular flexibility index (Phi) is 7.33. The zero-order valence-corrected chi connectivity index (χ0v) is 18.2. The number of carbonyl (C=O) groups excluding carboxylic acids is 2. The van der Waals surface area contributed by atoms with Gasteiger partial charge in [-0.3, -0.25) is 14.4 Å². The first-order valence-electron chi connectivity index (χ1n) is 10.9. The SMILES string of the molecule is CCc1c(C)sc(NC(=O)[C@@H]2CCCC[C@H]2C(=O)O)c1C(=O)NC1CCCCC1. The maximum absolute atomic E-state index is 13.1. The summed E-state index contributed by atoms with van der Waals surface area (Å²) in [4.78, 5) is 38.7. The Morgan fingerprint density at radius 2 is 1.62 bits per heavy atom. The van der Waals surface area contributed by atoms with Crippen molar-refractivity contribution in [3.63, 3.8) is 0 Å². The van der Waals surface area contributed by atoms with E-state index in [4.69, 9.17) is 0 Å². The number of aryl methyl sites for hydroxylation is 1. The molecule has 0 aromatic carbocycles. The van der Waals surface area contributed by atoms with Crippen molar-refractivity contribution in [2.75, 3.05) is 5.32 Å². The van der Waals surface area contributed by atoms with E-state index in [0.717, 1.165) is 49.0 Å². The third-order valence-electron chi connectivity index (χ3n) is 6.39. The molecule has 0 spiro atoms. The predicted octanol–water partition coefficient (Wildman–Crippen LogP) is 4.51. The zero-order chi connectivity index (χ0) is 21.0. The molecule has 2 aliphatic rings. The maximum Gasteiger partial charge on any atom is 0.307 e. The Morgan fingerprint density at radius 1 is 1.00 bits per heavy atom. The average molecular weight is 421 g/mol. The van der Waals surface area contributed by atoms with Gasteiger partial charge < -0.3 is 15.7 Å². The summed E-state index contributed by atoms with van der Waals surface area (Å²) in [6.07, 6.45) is 9.02.